The van der Waals surface area contributed by atoms with Crippen LogP contribution in [0.15, 0.2) is 41.3 Å². The maximum absolute atomic E-state index is 12.4. The number of aryl methyl sites for hydroxylation is 4. The molecule has 2 aromatic carbocycles. The zero-order valence-corrected chi connectivity index (χ0v) is 17.4. The molecule has 0 saturated carbocycles. The highest BCUT2D eigenvalue weighted by molar-refractivity contribution is 7.89. The molecule has 146 valence electrons. The molecule has 0 aliphatic carbocycles. The van der Waals surface area contributed by atoms with Crippen LogP contribution in [-0.4, -0.2) is 20.9 Å². The fourth-order valence-electron chi connectivity index (χ4n) is 3.10. The van der Waals surface area contributed by atoms with Crippen LogP contribution >= 0.6 is 0 Å². The van der Waals surface area contributed by atoms with Gasteiger partial charge >= 0.3 is 0 Å². The summed E-state index contributed by atoms with van der Waals surface area (Å²) in [5, 5.41) is 2.94. The molecule has 2 N–H and O–H groups in total. The zero-order chi connectivity index (χ0) is 20.2. The average molecular weight is 389 g/mol. The van der Waals surface area contributed by atoms with Crippen molar-refractivity contribution in [2.24, 2.45) is 0 Å². The van der Waals surface area contributed by atoms with Gasteiger partial charge in [-0.2, -0.15) is 0 Å². The van der Waals surface area contributed by atoms with Gasteiger partial charge in [-0.3, -0.25) is 4.79 Å². The molecule has 0 saturated heterocycles. The first-order valence-electron chi connectivity index (χ1n) is 9.03. The number of nitrogens with one attached hydrogen (secondary N) is 2. The molecule has 0 aromatic heterocycles. The fraction of sp³-hybridized carbons (Fsp3) is 0.381. The Hall–Kier alpha value is -2.18. The van der Waals surface area contributed by atoms with Crippen molar-refractivity contribution in [3.63, 3.8) is 0 Å². The van der Waals surface area contributed by atoms with E-state index in [1.54, 1.807) is 19.1 Å². The molecule has 0 fully saturated rings. The van der Waals surface area contributed by atoms with Gasteiger partial charge in [0.25, 0.3) is 0 Å². The molecule has 1 unspecified atom stereocenters. The Balaban J connectivity index is 1.92. The van der Waals surface area contributed by atoms with E-state index in [0.29, 0.717) is 5.56 Å². The quantitative estimate of drug-likeness (QED) is 0.763. The molecule has 6 heteroatoms. The summed E-state index contributed by atoms with van der Waals surface area (Å²) in [6.45, 7) is 9.69. The van der Waals surface area contributed by atoms with Gasteiger partial charge in [0.15, 0.2) is 0 Å². The van der Waals surface area contributed by atoms with Gasteiger partial charge in [0, 0.05) is 13.0 Å². The number of carbonyl (C=O) groups is 1. The van der Waals surface area contributed by atoms with Crippen LogP contribution in [0.3, 0.4) is 0 Å². The van der Waals surface area contributed by atoms with Crippen LogP contribution in [0.25, 0.3) is 0 Å². The summed E-state index contributed by atoms with van der Waals surface area (Å²) in [5.74, 6) is -0.188. The predicted molar refractivity (Wildman–Crippen MR) is 108 cm³/mol. The normalized spacial score (nSPS) is 12.6. The topological polar surface area (TPSA) is 75.3 Å². The third-order valence-electron chi connectivity index (χ3n) is 4.54. The molecule has 0 bridgehead atoms. The summed E-state index contributed by atoms with van der Waals surface area (Å²) in [5.41, 5.74) is 5.02. The summed E-state index contributed by atoms with van der Waals surface area (Å²) in [4.78, 5) is 12.5. The van der Waals surface area contributed by atoms with E-state index in [9.17, 15) is 13.2 Å². The molecule has 1 amide bonds. The highest BCUT2D eigenvalue weighted by Crippen LogP contribution is 2.19. The second-order valence-electron chi connectivity index (χ2n) is 7.07. The first-order valence-corrected chi connectivity index (χ1v) is 10.5. The van der Waals surface area contributed by atoms with Crippen molar-refractivity contribution >= 4 is 15.9 Å². The van der Waals surface area contributed by atoms with E-state index in [1.807, 2.05) is 45.9 Å². The standard InChI is InChI=1S/C21H28N2O3S/c1-14-7-9-20(17(4)12-14)27(25,26)22-11-10-21(24)23-18(5)19-13-15(2)6-8-16(19)3/h6-9,12-13,18,22H,10-11H2,1-5H3,(H,23,24). The summed E-state index contributed by atoms with van der Waals surface area (Å²) in [6.07, 6.45) is 0.0827. The molecule has 2 rings (SSSR count). The van der Waals surface area contributed by atoms with Gasteiger partial charge in [0.05, 0.1) is 10.9 Å². The van der Waals surface area contributed by atoms with E-state index in [0.717, 1.165) is 22.3 Å². The van der Waals surface area contributed by atoms with E-state index >= 15 is 0 Å². The number of carbonyl (C=O) groups excluding carboxylic acids is 1. The zero-order valence-electron chi connectivity index (χ0n) is 16.6. The van der Waals surface area contributed by atoms with Crippen LogP contribution in [-0.2, 0) is 14.8 Å². The van der Waals surface area contributed by atoms with Gasteiger partial charge in [-0.15, -0.1) is 0 Å². The van der Waals surface area contributed by atoms with Crippen LogP contribution in [0.5, 0.6) is 0 Å². The lowest BCUT2D eigenvalue weighted by atomic mass is 10.00. The number of sulfonamides is 1. The summed E-state index contributed by atoms with van der Waals surface area (Å²) in [6, 6.07) is 11.2. The Bertz CT molecular complexity index is 936. The molecule has 0 aliphatic heterocycles. The third kappa shape index (κ3) is 5.65. The molecular formula is C21H28N2O3S. The summed E-state index contributed by atoms with van der Waals surface area (Å²) < 4.78 is 27.4. The molecule has 2 aromatic rings. The second-order valence-corrected chi connectivity index (χ2v) is 8.80. The van der Waals surface area contributed by atoms with Gasteiger partial charge in [0.2, 0.25) is 15.9 Å². The minimum Gasteiger partial charge on any atom is -0.350 e. The minimum absolute atomic E-state index is 0.0566. The Kier molecular flexibility index (Phi) is 6.78. The van der Waals surface area contributed by atoms with Crippen molar-refractivity contribution in [2.75, 3.05) is 6.54 Å². The molecule has 0 heterocycles. The SMILES string of the molecule is Cc1ccc(S(=O)(=O)NCCC(=O)NC(C)c2cc(C)ccc2C)c(C)c1. The lowest BCUT2D eigenvalue weighted by Gasteiger charge is -2.17. The van der Waals surface area contributed by atoms with Gasteiger partial charge in [0.1, 0.15) is 0 Å². The maximum Gasteiger partial charge on any atom is 0.240 e. The second kappa shape index (κ2) is 8.67. The van der Waals surface area contributed by atoms with E-state index < -0.39 is 10.0 Å². The fourth-order valence-corrected chi connectivity index (χ4v) is 4.35. The number of hydrogen-bond acceptors (Lipinski definition) is 3. The summed E-state index contributed by atoms with van der Waals surface area (Å²) >= 11 is 0. The Morgan fingerprint density at radius 1 is 0.963 bits per heavy atom. The van der Waals surface area contributed by atoms with Crippen molar-refractivity contribution < 1.29 is 13.2 Å². The van der Waals surface area contributed by atoms with Crippen LogP contribution in [0, 0.1) is 27.7 Å². The number of rotatable bonds is 7. The highest BCUT2D eigenvalue weighted by atomic mass is 32.2. The van der Waals surface area contributed by atoms with Gasteiger partial charge in [-0.25, -0.2) is 13.1 Å². The maximum atomic E-state index is 12.4. The van der Waals surface area contributed by atoms with E-state index in [2.05, 4.69) is 16.1 Å². The van der Waals surface area contributed by atoms with Gasteiger partial charge in [-0.1, -0.05) is 41.5 Å². The minimum atomic E-state index is -3.63. The molecule has 5 nitrogen and oxygen atoms in total. The van der Waals surface area contributed by atoms with E-state index in [4.69, 9.17) is 0 Å². The third-order valence-corrected chi connectivity index (χ3v) is 6.16. The predicted octanol–water partition coefficient (Wildman–Crippen LogP) is 3.47. The molecule has 0 spiro atoms. The monoisotopic (exact) mass is 388 g/mol. The van der Waals surface area contributed by atoms with Crippen LogP contribution in [0.1, 0.15) is 47.2 Å². The largest absolute Gasteiger partial charge is 0.350 e. The van der Waals surface area contributed by atoms with Crippen molar-refractivity contribution in [1.82, 2.24) is 10.0 Å². The first-order chi connectivity index (χ1) is 12.6. The van der Waals surface area contributed by atoms with Crippen LogP contribution in [0.2, 0.25) is 0 Å². The molecular weight excluding hydrogens is 360 g/mol. The summed E-state index contributed by atoms with van der Waals surface area (Å²) in [7, 11) is -3.63. The Morgan fingerprint density at radius 3 is 2.26 bits per heavy atom. The molecule has 27 heavy (non-hydrogen) atoms. The van der Waals surface area contributed by atoms with Gasteiger partial charge < -0.3 is 5.32 Å². The van der Waals surface area contributed by atoms with Crippen molar-refractivity contribution in [3.8, 4) is 0 Å². The van der Waals surface area contributed by atoms with Crippen molar-refractivity contribution in [2.45, 2.75) is 52.0 Å². The smallest absolute Gasteiger partial charge is 0.240 e. The van der Waals surface area contributed by atoms with Crippen LogP contribution < -0.4 is 10.0 Å². The Labute approximate surface area is 162 Å². The average Bonchev–Trinajstić information content (AvgIpc) is 2.56. The molecule has 0 radical (unpaired) electrons. The van der Waals surface area contributed by atoms with Crippen molar-refractivity contribution in [1.29, 1.82) is 0 Å². The number of hydrogen-bond donors (Lipinski definition) is 2. The van der Waals surface area contributed by atoms with Gasteiger partial charge in [-0.05, 0) is 57.4 Å². The van der Waals surface area contributed by atoms with Crippen LogP contribution in [0.4, 0.5) is 0 Å². The lowest BCUT2D eigenvalue weighted by molar-refractivity contribution is -0.121. The lowest BCUT2D eigenvalue weighted by Crippen LogP contribution is -2.32. The molecule has 1 atom stereocenters. The van der Waals surface area contributed by atoms with E-state index in [-0.39, 0.29) is 29.8 Å². The number of benzene rings is 2. The Morgan fingerprint density at radius 2 is 1.59 bits per heavy atom. The highest BCUT2D eigenvalue weighted by Gasteiger charge is 2.17. The van der Waals surface area contributed by atoms with E-state index in [1.165, 1.54) is 0 Å². The number of amides is 1. The first kappa shape index (κ1) is 21.1. The van der Waals surface area contributed by atoms with Crippen molar-refractivity contribution in [3.05, 3.63) is 64.2 Å². The molecule has 0 aliphatic rings.